The topological polar surface area (TPSA) is 9.23 Å². The molecular weight excluding hydrogens is 400 g/mol. The van der Waals surface area contributed by atoms with Crippen LogP contribution in [0.2, 0.25) is 0 Å². The highest BCUT2D eigenvalue weighted by atomic mass is 16.5. The maximum absolute atomic E-state index is 6.06. The van der Waals surface area contributed by atoms with Gasteiger partial charge in [0.25, 0.3) is 0 Å². The summed E-state index contributed by atoms with van der Waals surface area (Å²) in [5.74, 6) is 0.737. The quantitative estimate of drug-likeness (QED) is 0.227. The maximum atomic E-state index is 6.06. The third kappa shape index (κ3) is 6.33. The molecule has 0 spiro atoms. The van der Waals surface area contributed by atoms with Crippen LogP contribution in [0.3, 0.4) is 0 Å². The average molecular weight is 451 g/mol. The molecule has 0 saturated heterocycles. The molecule has 2 bridgehead atoms. The molecule has 0 amide bonds. The number of ether oxygens (including phenoxy) is 1. The third-order valence-corrected chi connectivity index (χ3v) is 9.71. The molecule has 0 aliphatic heterocycles. The molecule has 1 aromatic rings. The van der Waals surface area contributed by atoms with Gasteiger partial charge in [0.15, 0.2) is 0 Å². The van der Waals surface area contributed by atoms with E-state index < -0.39 is 0 Å². The Kier molecular flexibility index (Phi) is 9.14. The molecule has 0 N–H and O–H groups in total. The van der Waals surface area contributed by atoms with E-state index in [4.69, 9.17) is 4.74 Å². The zero-order valence-electron chi connectivity index (χ0n) is 21.8. The van der Waals surface area contributed by atoms with Crippen molar-refractivity contribution in [1.29, 1.82) is 0 Å². The first-order valence-electron chi connectivity index (χ1n) is 14.6. The summed E-state index contributed by atoms with van der Waals surface area (Å²) in [4.78, 5) is 0. The van der Waals surface area contributed by atoms with Crippen LogP contribution >= 0.6 is 0 Å². The van der Waals surface area contributed by atoms with E-state index in [-0.39, 0.29) is 0 Å². The highest BCUT2D eigenvalue weighted by Gasteiger charge is 2.48. The zero-order valence-corrected chi connectivity index (χ0v) is 21.8. The molecule has 0 radical (unpaired) electrons. The molecular formula is C32H50O. The van der Waals surface area contributed by atoms with Gasteiger partial charge in [0.05, 0.1) is 12.7 Å². The zero-order chi connectivity index (χ0) is 23.0. The van der Waals surface area contributed by atoms with Crippen LogP contribution in [0.25, 0.3) is 0 Å². The second-order valence-electron chi connectivity index (χ2n) is 11.8. The van der Waals surface area contributed by atoms with Crippen LogP contribution in [-0.2, 0) is 10.2 Å². The number of fused-ring (bicyclic) bond motifs is 3. The third-order valence-electron chi connectivity index (χ3n) is 9.71. The van der Waals surface area contributed by atoms with E-state index in [0.717, 1.165) is 18.9 Å². The number of rotatable bonds is 12. The van der Waals surface area contributed by atoms with Crippen molar-refractivity contribution >= 4 is 0 Å². The lowest BCUT2D eigenvalue weighted by Crippen LogP contribution is -2.44. The Hall–Kier alpha value is -1.08. The van der Waals surface area contributed by atoms with Gasteiger partial charge in [-0.05, 0) is 105 Å². The first kappa shape index (κ1) is 25.0. The van der Waals surface area contributed by atoms with Crippen LogP contribution < -0.4 is 0 Å². The second-order valence-corrected chi connectivity index (χ2v) is 11.8. The number of unbranched alkanes of at least 4 members (excludes halogenated alkanes) is 4. The summed E-state index contributed by atoms with van der Waals surface area (Å²) in [6, 6.07) is 10.0. The Bertz CT molecular complexity index is 697. The van der Waals surface area contributed by atoms with Crippen molar-refractivity contribution in [1.82, 2.24) is 0 Å². The van der Waals surface area contributed by atoms with E-state index in [1.54, 1.807) is 11.1 Å². The smallest absolute Gasteiger partial charge is 0.0651 e. The molecule has 4 aliphatic rings. The van der Waals surface area contributed by atoms with Crippen LogP contribution in [0.4, 0.5) is 0 Å². The van der Waals surface area contributed by atoms with E-state index in [1.165, 1.54) is 103 Å². The number of hydrogen-bond donors (Lipinski definition) is 0. The van der Waals surface area contributed by atoms with E-state index in [0.29, 0.717) is 16.9 Å². The highest BCUT2D eigenvalue weighted by molar-refractivity contribution is 5.33. The lowest BCUT2D eigenvalue weighted by molar-refractivity contribution is 0.0304. The Morgan fingerprint density at radius 3 is 2.09 bits per heavy atom. The molecule has 1 heteroatoms. The molecule has 4 aliphatic carbocycles. The first-order valence-corrected chi connectivity index (χ1v) is 14.6. The minimum absolute atomic E-state index is 0.470. The lowest BCUT2D eigenvalue weighted by Gasteiger charge is -2.54. The summed E-state index contributed by atoms with van der Waals surface area (Å²) in [6.45, 7) is 5.29. The predicted molar refractivity (Wildman–Crippen MR) is 142 cm³/mol. The van der Waals surface area contributed by atoms with Gasteiger partial charge in [0, 0.05) is 0 Å². The summed E-state index contributed by atoms with van der Waals surface area (Å²) in [7, 11) is 0. The monoisotopic (exact) mass is 450 g/mol. The van der Waals surface area contributed by atoms with Crippen molar-refractivity contribution in [3.8, 4) is 0 Å². The molecule has 4 saturated carbocycles. The fourth-order valence-corrected chi connectivity index (χ4v) is 7.27. The Balaban J connectivity index is 1.25. The predicted octanol–water partition coefficient (Wildman–Crippen LogP) is 9.65. The van der Waals surface area contributed by atoms with Crippen LogP contribution in [-0.4, -0.2) is 12.7 Å². The molecule has 0 aromatic heterocycles. The average Bonchev–Trinajstić information content (AvgIpc) is 2.88. The van der Waals surface area contributed by atoms with Gasteiger partial charge in [0.1, 0.15) is 0 Å². The van der Waals surface area contributed by atoms with Crippen molar-refractivity contribution in [2.24, 2.45) is 5.41 Å². The van der Waals surface area contributed by atoms with Crippen LogP contribution in [0.15, 0.2) is 36.4 Å². The molecule has 184 valence electrons. The largest absolute Gasteiger partial charge is 0.374 e. The van der Waals surface area contributed by atoms with Gasteiger partial charge in [-0.2, -0.15) is 0 Å². The number of hydrogen-bond acceptors (Lipinski definition) is 1. The lowest BCUT2D eigenvalue weighted by atomic mass is 9.51. The van der Waals surface area contributed by atoms with Gasteiger partial charge >= 0.3 is 0 Å². The van der Waals surface area contributed by atoms with Gasteiger partial charge in [-0.3, -0.25) is 0 Å². The van der Waals surface area contributed by atoms with E-state index in [9.17, 15) is 0 Å². The first-order chi connectivity index (χ1) is 16.2. The van der Waals surface area contributed by atoms with Crippen molar-refractivity contribution in [3.05, 3.63) is 47.5 Å². The Morgan fingerprint density at radius 1 is 0.788 bits per heavy atom. The van der Waals surface area contributed by atoms with Gasteiger partial charge in [-0.15, -0.1) is 0 Å². The molecule has 1 aromatic carbocycles. The standard InChI is InChI=1S/C32H50O/c1-3-5-7-8-9-19-31-20-23-32(24-21-31,25-22-31)29-15-11-27(12-16-29)28-13-17-30(18-14-28)33-26-10-6-4-2/h6,10-12,15-16,28,30H,3-5,7-9,13-14,17-26H2,1-2H3. The van der Waals surface area contributed by atoms with Gasteiger partial charge < -0.3 is 4.74 Å². The molecule has 1 nitrogen and oxygen atoms in total. The molecule has 33 heavy (non-hydrogen) atoms. The highest BCUT2D eigenvalue weighted by Crippen LogP contribution is 2.59. The summed E-state index contributed by atoms with van der Waals surface area (Å²) >= 11 is 0. The van der Waals surface area contributed by atoms with Crippen LogP contribution in [0, 0.1) is 5.41 Å². The van der Waals surface area contributed by atoms with Crippen molar-refractivity contribution in [2.45, 2.75) is 140 Å². The SMILES string of the molecule is CCC=CCOC1CCC(c2ccc(C34CCC(CCCCCCC)(CC3)CC4)cc2)CC1. The molecule has 5 rings (SSSR count). The summed E-state index contributed by atoms with van der Waals surface area (Å²) in [5, 5.41) is 0. The Labute approximate surface area is 204 Å². The fraction of sp³-hybridized carbons (Fsp3) is 0.750. The number of allylic oxidation sites excluding steroid dienone is 1. The van der Waals surface area contributed by atoms with Gasteiger partial charge in [-0.25, -0.2) is 0 Å². The van der Waals surface area contributed by atoms with Crippen LogP contribution in [0.5, 0.6) is 0 Å². The second kappa shape index (κ2) is 12.1. The normalized spacial score (nSPS) is 31.9. The summed E-state index contributed by atoms with van der Waals surface area (Å²) in [6.07, 6.45) is 28.4. The van der Waals surface area contributed by atoms with Crippen molar-refractivity contribution in [3.63, 3.8) is 0 Å². The van der Waals surface area contributed by atoms with Crippen molar-refractivity contribution in [2.75, 3.05) is 6.61 Å². The molecule has 0 unspecified atom stereocenters. The van der Waals surface area contributed by atoms with Gasteiger partial charge in [-0.1, -0.05) is 82.4 Å². The molecule has 0 atom stereocenters. The minimum atomic E-state index is 0.470. The summed E-state index contributed by atoms with van der Waals surface area (Å²) in [5.41, 5.74) is 4.44. The van der Waals surface area contributed by atoms with E-state index >= 15 is 0 Å². The maximum Gasteiger partial charge on any atom is 0.0651 e. The molecule has 0 heterocycles. The molecule has 4 fully saturated rings. The Morgan fingerprint density at radius 2 is 1.45 bits per heavy atom. The van der Waals surface area contributed by atoms with E-state index in [2.05, 4.69) is 50.3 Å². The van der Waals surface area contributed by atoms with Gasteiger partial charge in [0.2, 0.25) is 0 Å². The number of benzene rings is 1. The fourth-order valence-electron chi connectivity index (χ4n) is 7.27. The minimum Gasteiger partial charge on any atom is -0.374 e. The summed E-state index contributed by atoms with van der Waals surface area (Å²) < 4.78 is 6.06. The van der Waals surface area contributed by atoms with Crippen LogP contribution in [0.1, 0.15) is 140 Å². The van der Waals surface area contributed by atoms with E-state index in [1.807, 2.05) is 0 Å². The van der Waals surface area contributed by atoms with Crippen molar-refractivity contribution < 1.29 is 4.74 Å².